The smallest absolute Gasteiger partial charge is 0.118 e. The summed E-state index contributed by atoms with van der Waals surface area (Å²) in [6.45, 7) is 4.40. The molecule has 0 atom stereocenters. The number of nitrogens with zero attached hydrogens (tertiary/aromatic N) is 1. The number of benzene rings is 1. The Labute approximate surface area is 101 Å². The molecule has 3 heteroatoms. The molecule has 3 rings (SSSR count). The van der Waals surface area contributed by atoms with E-state index in [1.54, 1.807) is 0 Å². The van der Waals surface area contributed by atoms with Crippen LogP contribution in [-0.2, 0) is 14.9 Å². The highest BCUT2D eigenvalue weighted by atomic mass is 16.5. The number of hydrogen-bond donors (Lipinski definition) is 0. The molecular formula is C14H15NO2. The van der Waals surface area contributed by atoms with Crippen molar-refractivity contribution in [3.63, 3.8) is 0 Å². The molecule has 0 aliphatic carbocycles. The summed E-state index contributed by atoms with van der Waals surface area (Å²) in [6, 6.07) is 10.9. The van der Waals surface area contributed by atoms with E-state index in [9.17, 15) is 5.26 Å². The normalized spacial score (nSPS) is 24.2. The molecule has 0 amide bonds. The largest absolute Gasteiger partial charge is 0.379 e. The molecule has 0 aromatic heterocycles. The van der Waals surface area contributed by atoms with E-state index >= 15 is 0 Å². The van der Waals surface area contributed by atoms with Gasteiger partial charge in [0.1, 0.15) is 5.41 Å². The highest BCUT2D eigenvalue weighted by Gasteiger charge is 2.61. The Balaban J connectivity index is 2.06. The second kappa shape index (κ2) is 3.56. The molecule has 2 aliphatic rings. The minimum atomic E-state index is -0.390. The summed E-state index contributed by atoms with van der Waals surface area (Å²) in [5.41, 5.74) is 1.89. The Morgan fingerprint density at radius 2 is 1.88 bits per heavy atom. The van der Waals surface area contributed by atoms with E-state index in [0.717, 1.165) is 0 Å². The topological polar surface area (TPSA) is 42.2 Å². The van der Waals surface area contributed by atoms with E-state index in [0.29, 0.717) is 26.4 Å². The molecule has 17 heavy (non-hydrogen) atoms. The predicted molar refractivity (Wildman–Crippen MR) is 62.5 cm³/mol. The van der Waals surface area contributed by atoms with E-state index in [1.807, 2.05) is 0 Å². The van der Waals surface area contributed by atoms with Crippen molar-refractivity contribution in [3.05, 3.63) is 35.4 Å². The third kappa shape index (κ3) is 1.28. The fraction of sp³-hybridized carbons (Fsp3) is 0.500. The van der Waals surface area contributed by atoms with Gasteiger partial charge in [-0.3, -0.25) is 0 Å². The van der Waals surface area contributed by atoms with E-state index in [-0.39, 0.29) is 10.8 Å². The van der Waals surface area contributed by atoms with Crippen molar-refractivity contribution in [2.75, 3.05) is 26.4 Å². The van der Waals surface area contributed by atoms with Crippen LogP contribution in [0.1, 0.15) is 11.1 Å². The highest BCUT2D eigenvalue weighted by Crippen LogP contribution is 2.51. The summed E-state index contributed by atoms with van der Waals surface area (Å²) < 4.78 is 10.7. The lowest BCUT2D eigenvalue weighted by Gasteiger charge is -2.55. The highest BCUT2D eigenvalue weighted by molar-refractivity contribution is 5.38. The summed E-state index contributed by atoms with van der Waals surface area (Å²) in [5.74, 6) is 0. The first-order chi connectivity index (χ1) is 8.22. The van der Waals surface area contributed by atoms with Crippen LogP contribution in [-0.4, -0.2) is 26.4 Å². The summed E-state index contributed by atoms with van der Waals surface area (Å²) in [5, 5.41) is 9.48. The molecule has 2 saturated heterocycles. The second-order valence-corrected chi connectivity index (χ2v) is 5.13. The molecular weight excluding hydrogens is 214 g/mol. The van der Waals surface area contributed by atoms with Gasteiger partial charge in [0, 0.05) is 0 Å². The second-order valence-electron chi connectivity index (χ2n) is 5.13. The maximum absolute atomic E-state index is 9.48. The van der Waals surface area contributed by atoms with Crippen LogP contribution < -0.4 is 0 Å². The number of nitriles is 1. The summed E-state index contributed by atoms with van der Waals surface area (Å²) >= 11 is 0. The van der Waals surface area contributed by atoms with Gasteiger partial charge in [-0.15, -0.1) is 0 Å². The maximum Gasteiger partial charge on any atom is 0.118 e. The zero-order valence-corrected chi connectivity index (χ0v) is 9.90. The molecule has 88 valence electrons. The molecule has 0 N–H and O–H groups in total. The van der Waals surface area contributed by atoms with Gasteiger partial charge in [-0.2, -0.15) is 5.26 Å². The molecule has 0 spiro atoms. The van der Waals surface area contributed by atoms with Gasteiger partial charge in [0.2, 0.25) is 0 Å². The third-order valence-electron chi connectivity index (χ3n) is 4.09. The number of rotatable bonds is 2. The molecule has 2 aliphatic heterocycles. The van der Waals surface area contributed by atoms with Crippen LogP contribution in [0.15, 0.2) is 24.3 Å². The molecule has 1 aromatic carbocycles. The number of ether oxygens (including phenoxy) is 2. The van der Waals surface area contributed by atoms with Crippen LogP contribution in [0.5, 0.6) is 0 Å². The van der Waals surface area contributed by atoms with Crippen LogP contribution in [0.2, 0.25) is 0 Å². The van der Waals surface area contributed by atoms with E-state index in [4.69, 9.17) is 9.47 Å². The van der Waals surface area contributed by atoms with Gasteiger partial charge in [0.05, 0.1) is 37.9 Å². The van der Waals surface area contributed by atoms with Crippen molar-refractivity contribution < 1.29 is 9.47 Å². The van der Waals surface area contributed by atoms with Gasteiger partial charge in [0.25, 0.3) is 0 Å². The minimum Gasteiger partial charge on any atom is -0.379 e. The van der Waals surface area contributed by atoms with Gasteiger partial charge >= 0.3 is 0 Å². The summed E-state index contributed by atoms with van der Waals surface area (Å²) in [7, 11) is 0. The van der Waals surface area contributed by atoms with E-state index in [1.165, 1.54) is 11.1 Å². The molecule has 1 aromatic rings. The van der Waals surface area contributed by atoms with Crippen LogP contribution >= 0.6 is 0 Å². The Kier molecular flexibility index (Phi) is 2.25. The molecule has 0 bridgehead atoms. The third-order valence-corrected chi connectivity index (χ3v) is 4.09. The average Bonchev–Trinajstić information content (AvgIpc) is 2.20. The lowest BCUT2D eigenvalue weighted by atomic mass is 9.58. The fourth-order valence-electron chi connectivity index (χ4n) is 2.72. The molecule has 3 nitrogen and oxygen atoms in total. The van der Waals surface area contributed by atoms with Gasteiger partial charge in [0.15, 0.2) is 0 Å². The van der Waals surface area contributed by atoms with Crippen molar-refractivity contribution in [3.8, 4) is 6.07 Å². The van der Waals surface area contributed by atoms with Crippen molar-refractivity contribution in [1.29, 1.82) is 5.26 Å². The van der Waals surface area contributed by atoms with Crippen molar-refractivity contribution in [1.82, 2.24) is 0 Å². The van der Waals surface area contributed by atoms with Gasteiger partial charge in [-0.25, -0.2) is 0 Å². The lowest BCUT2D eigenvalue weighted by molar-refractivity contribution is -0.201. The van der Waals surface area contributed by atoms with E-state index < -0.39 is 0 Å². The monoisotopic (exact) mass is 229 g/mol. The van der Waals surface area contributed by atoms with Crippen LogP contribution in [0, 0.1) is 23.7 Å². The number of aryl methyl sites for hydroxylation is 1. The van der Waals surface area contributed by atoms with Crippen LogP contribution in [0.4, 0.5) is 0 Å². The lowest BCUT2D eigenvalue weighted by Crippen LogP contribution is -2.66. The van der Waals surface area contributed by atoms with Crippen LogP contribution in [0.25, 0.3) is 0 Å². The van der Waals surface area contributed by atoms with Crippen molar-refractivity contribution >= 4 is 0 Å². The summed E-state index contributed by atoms with van der Waals surface area (Å²) in [6.07, 6.45) is 0. The predicted octanol–water partition coefficient (Wildman–Crippen LogP) is 1.80. The molecule has 0 unspecified atom stereocenters. The van der Waals surface area contributed by atoms with Gasteiger partial charge < -0.3 is 9.47 Å². The maximum atomic E-state index is 9.48. The van der Waals surface area contributed by atoms with Gasteiger partial charge in [-0.1, -0.05) is 29.8 Å². The molecule has 0 saturated carbocycles. The molecule has 0 radical (unpaired) electrons. The van der Waals surface area contributed by atoms with E-state index in [2.05, 4.69) is 37.3 Å². The fourth-order valence-corrected chi connectivity index (χ4v) is 2.72. The van der Waals surface area contributed by atoms with Crippen LogP contribution in [0.3, 0.4) is 0 Å². The Bertz CT molecular complexity index is 481. The SMILES string of the molecule is Cc1cccc(C2(C3(C#N)COC3)COC2)c1. The molecule has 2 fully saturated rings. The Morgan fingerprint density at radius 1 is 1.18 bits per heavy atom. The Morgan fingerprint density at radius 3 is 2.29 bits per heavy atom. The first-order valence-electron chi connectivity index (χ1n) is 5.86. The van der Waals surface area contributed by atoms with Crippen molar-refractivity contribution in [2.24, 2.45) is 5.41 Å². The summed E-state index contributed by atoms with van der Waals surface area (Å²) in [4.78, 5) is 0. The van der Waals surface area contributed by atoms with Crippen molar-refractivity contribution in [2.45, 2.75) is 12.3 Å². The van der Waals surface area contributed by atoms with Gasteiger partial charge in [-0.05, 0) is 12.5 Å². The average molecular weight is 229 g/mol. The minimum absolute atomic E-state index is 0.161. The Hall–Kier alpha value is -1.37. The first-order valence-corrected chi connectivity index (χ1v) is 5.86. The first kappa shape index (κ1) is 10.8. The number of hydrogen-bond acceptors (Lipinski definition) is 3. The quantitative estimate of drug-likeness (QED) is 0.776. The standard InChI is InChI=1S/C14H15NO2/c1-11-3-2-4-12(5-11)14(9-17-10-14)13(6-15)7-16-8-13/h2-5H,7-10H2,1H3. The zero-order valence-electron chi connectivity index (χ0n) is 9.90. The zero-order chi connectivity index (χ0) is 11.9. The molecule has 2 heterocycles.